The van der Waals surface area contributed by atoms with Gasteiger partial charge in [-0.1, -0.05) is 84.9 Å². The molecule has 148 valence electrons. The fourth-order valence-electron chi connectivity index (χ4n) is 4.53. The third kappa shape index (κ3) is 5.14. The van der Waals surface area contributed by atoms with Crippen LogP contribution < -0.4 is 5.32 Å². The third-order valence-corrected chi connectivity index (χ3v) is 6.08. The maximum absolute atomic E-state index is 12.6. The van der Waals surface area contributed by atoms with E-state index in [0.29, 0.717) is 24.8 Å². The largest absolute Gasteiger partial charge is 0.356 e. The van der Waals surface area contributed by atoms with Crippen LogP contribution in [0.25, 0.3) is 0 Å². The number of benzene rings is 3. The van der Waals surface area contributed by atoms with Gasteiger partial charge in [-0.3, -0.25) is 4.79 Å². The molecule has 0 aliphatic heterocycles. The van der Waals surface area contributed by atoms with Gasteiger partial charge in [0, 0.05) is 18.9 Å². The van der Waals surface area contributed by atoms with Gasteiger partial charge in [0.05, 0.1) is 0 Å². The van der Waals surface area contributed by atoms with Crippen LogP contribution in [-0.2, 0) is 17.6 Å². The Hall–Kier alpha value is -2.87. The number of carbonyl (C=O) groups excluding carboxylic acids is 1. The minimum absolute atomic E-state index is 0.189. The van der Waals surface area contributed by atoms with Gasteiger partial charge >= 0.3 is 0 Å². The summed E-state index contributed by atoms with van der Waals surface area (Å²) in [6, 6.07) is 29.8. The van der Waals surface area contributed by atoms with Gasteiger partial charge in [-0.05, 0) is 53.9 Å². The lowest BCUT2D eigenvalue weighted by Gasteiger charge is -2.24. The summed E-state index contributed by atoms with van der Waals surface area (Å²) in [5, 5.41) is 3.18. The van der Waals surface area contributed by atoms with Crippen molar-refractivity contribution in [1.29, 1.82) is 0 Å². The first-order valence-corrected chi connectivity index (χ1v) is 10.7. The summed E-state index contributed by atoms with van der Waals surface area (Å²) < 4.78 is 0. The Labute approximate surface area is 174 Å². The topological polar surface area (TPSA) is 29.1 Å². The summed E-state index contributed by atoms with van der Waals surface area (Å²) >= 11 is 0. The first-order chi connectivity index (χ1) is 14.3. The van der Waals surface area contributed by atoms with E-state index in [1.807, 2.05) is 0 Å². The molecule has 1 N–H and O–H groups in total. The molecule has 1 atom stereocenters. The van der Waals surface area contributed by atoms with Crippen molar-refractivity contribution in [3.63, 3.8) is 0 Å². The second kappa shape index (κ2) is 9.56. The van der Waals surface area contributed by atoms with Crippen LogP contribution in [0.15, 0.2) is 84.9 Å². The lowest BCUT2D eigenvalue weighted by molar-refractivity contribution is -0.122. The maximum Gasteiger partial charge on any atom is 0.220 e. The summed E-state index contributed by atoms with van der Waals surface area (Å²) in [5.41, 5.74) is 5.48. The van der Waals surface area contributed by atoms with Gasteiger partial charge in [-0.25, -0.2) is 0 Å². The molecular weight excluding hydrogens is 354 g/mol. The Morgan fingerprint density at radius 3 is 2.07 bits per heavy atom. The van der Waals surface area contributed by atoms with Crippen LogP contribution in [0, 0.1) is 5.92 Å². The second-order valence-corrected chi connectivity index (χ2v) is 8.09. The first-order valence-electron chi connectivity index (χ1n) is 10.7. The molecule has 29 heavy (non-hydrogen) atoms. The number of hydrogen-bond donors (Lipinski definition) is 1. The highest BCUT2D eigenvalue weighted by Gasteiger charge is 2.21. The van der Waals surface area contributed by atoms with Crippen LogP contribution in [0.4, 0.5) is 0 Å². The molecule has 0 fully saturated rings. The molecule has 0 saturated carbocycles. The molecule has 4 rings (SSSR count). The van der Waals surface area contributed by atoms with E-state index in [-0.39, 0.29) is 5.91 Å². The van der Waals surface area contributed by atoms with Gasteiger partial charge in [0.25, 0.3) is 0 Å². The summed E-state index contributed by atoms with van der Waals surface area (Å²) in [4.78, 5) is 12.6. The molecule has 0 spiro atoms. The molecule has 3 aromatic carbocycles. The quantitative estimate of drug-likeness (QED) is 0.572. The Kier molecular flexibility index (Phi) is 6.41. The van der Waals surface area contributed by atoms with Crippen LogP contribution in [0.2, 0.25) is 0 Å². The smallest absolute Gasteiger partial charge is 0.220 e. The Balaban J connectivity index is 1.31. The van der Waals surface area contributed by atoms with E-state index in [4.69, 9.17) is 0 Å². The zero-order valence-corrected chi connectivity index (χ0v) is 16.9. The van der Waals surface area contributed by atoms with E-state index in [0.717, 1.165) is 25.7 Å². The highest BCUT2D eigenvalue weighted by molar-refractivity contribution is 5.76. The van der Waals surface area contributed by atoms with Crippen LogP contribution in [0.5, 0.6) is 0 Å². The van der Waals surface area contributed by atoms with Gasteiger partial charge < -0.3 is 5.32 Å². The molecule has 1 aliphatic rings. The zero-order valence-electron chi connectivity index (χ0n) is 16.9. The minimum atomic E-state index is 0.189. The van der Waals surface area contributed by atoms with Gasteiger partial charge in [-0.2, -0.15) is 0 Å². The molecule has 1 aliphatic carbocycles. The van der Waals surface area contributed by atoms with Crippen molar-refractivity contribution in [2.24, 2.45) is 5.92 Å². The zero-order chi connectivity index (χ0) is 19.9. The summed E-state index contributed by atoms with van der Waals surface area (Å²) in [7, 11) is 0. The molecule has 0 saturated heterocycles. The van der Waals surface area contributed by atoms with Crippen LogP contribution in [0.3, 0.4) is 0 Å². The fraction of sp³-hybridized carbons (Fsp3) is 0.296. The Morgan fingerprint density at radius 1 is 0.828 bits per heavy atom. The van der Waals surface area contributed by atoms with E-state index in [2.05, 4.69) is 90.2 Å². The summed E-state index contributed by atoms with van der Waals surface area (Å²) in [5.74, 6) is 0.956. The lowest BCUT2D eigenvalue weighted by atomic mass is 9.82. The maximum atomic E-state index is 12.6. The van der Waals surface area contributed by atoms with E-state index in [1.165, 1.54) is 22.3 Å². The molecule has 0 bridgehead atoms. The number of aryl methyl sites for hydroxylation is 1. The first kappa shape index (κ1) is 19.4. The van der Waals surface area contributed by atoms with Crippen LogP contribution in [-0.4, -0.2) is 12.5 Å². The summed E-state index contributed by atoms with van der Waals surface area (Å²) in [6.45, 7) is 0.705. The highest BCUT2D eigenvalue weighted by atomic mass is 16.1. The molecule has 3 aromatic rings. The molecule has 0 aromatic heterocycles. The Morgan fingerprint density at radius 2 is 1.41 bits per heavy atom. The van der Waals surface area contributed by atoms with Crippen molar-refractivity contribution in [3.8, 4) is 0 Å². The van der Waals surface area contributed by atoms with Crippen molar-refractivity contribution in [1.82, 2.24) is 5.32 Å². The fourth-order valence-corrected chi connectivity index (χ4v) is 4.53. The average Bonchev–Trinajstić information content (AvgIpc) is 2.78. The summed E-state index contributed by atoms with van der Waals surface area (Å²) in [6.07, 6.45) is 4.78. The monoisotopic (exact) mass is 383 g/mol. The Bertz CT molecular complexity index is 880. The van der Waals surface area contributed by atoms with Gasteiger partial charge in [0.2, 0.25) is 5.91 Å². The molecule has 0 heterocycles. The normalized spacial score (nSPS) is 15.7. The number of amides is 1. The molecule has 0 radical (unpaired) electrons. The average molecular weight is 384 g/mol. The van der Waals surface area contributed by atoms with Crippen molar-refractivity contribution >= 4 is 5.91 Å². The number of carbonyl (C=O) groups is 1. The third-order valence-electron chi connectivity index (χ3n) is 6.08. The van der Waals surface area contributed by atoms with E-state index < -0.39 is 0 Å². The molecule has 1 unspecified atom stereocenters. The van der Waals surface area contributed by atoms with Crippen LogP contribution >= 0.6 is 0 Å². The molecule has 2 nitrogen and oxygen atoms in total. The van der Waals surface area contributed by atoms with Gasteiger partial charge in [-0.15, -0.1) is 0 Å². The van der Waals surface area contributed by atoms with E-state index in [9.17, 15) is 4.79 Å². The predicted octanol–water partition coefficient (Wildman–Crippen LogP) is 5.52. The van der Waals surface area contributed by atoms with E-state index in [1.54, 1.807) is 0 Å². The van der Waals surface area contributed by atoms with E-state index >= 15 is 0 Å². The molecule has 1 amide bonds. The minimum Gasteiger partial charge on any atom is -0.356 e. The van der Waals surface area contributed by atoms with Gasteiger partial charge in [0.1, 0.15) is 0 Å². The lowest BCUT2D eigenvalue weighted by Crippen LogP contribution is -2.29. The molecule has 2 heteroatoms. The predicted molar refractivity (Wildman–Crippen MR) is 119 cm³/mol. The van der Waals surface area contributed by atoms with Gasteiger partial charge in [0.15, 0.2) is 0 Å². The standard InChI is InChI=1S/C27H29NO/c29-27(20-21-15-16-22-9-7-8-14-25(22)19-21)28-18-17-26(23-10-3-1-4-11-23)24-12-5-2-6-13-24/h1-14,21,26H,15-20H2,(H,28,29). The van der Waals surface area contributed by atoms with Crippen molar-refractivity contribution in [2.75, 3.05) is 6.54 Å². The highest BCUT2D eigenvalue weighted by Crippen LogP contribution is 2.28. The van der Waals surface area contributed by atoms with Crippen molar-refractivity contribution in [3.05, 3.63) is 107 Å². The second-order valence-electron chi connectivity index (χ2n) is 8.09. The molecular formula is C27H29NO. The van der Waals surface area contributed by atoms with Crippen molar-refractivity contribution < 1.29 is 4.79 Å². The van der Waals surface area contributed by atoms with Crippen LogP contribution in [0.1, 0.15) is 47.4 Å². The SMILES string of the molecule is O=C(CC1CCc2ccccc2C1)NCCC(c1ccccc1)c1ccccc1. The number of fused-ring (bicyclic) bond motifs is 1. The number of hydrogen-bond acceptors (Lipinski definition) is 1. The number of nitrogens with one attached hydrogen (secondary N) is 1. The van der Waals surface area contributed by atoms with Crippen molar-refractivity contribution in [2.45, 2.75) is 38.0 Å². The number of rotatable bonds is 7.